The second-order valence-electron chi connectivity index (χ2n) is 6.30. The molecule has 2 aliphatic heterocycles. The average Bonchev–Trinajstić information content (AvgIpc) is 2.60. The lowest BCUT2D eigenvalue weighted by atomic mass is 9.73. The summed E-state index contributed by atoms with van der Waals surface area (Å²) in [6, 6.07) is 5.54. The van der Waals surface area contributed by atoms with Crippen molar-refractivity contribution in [2.45, 2.75) is 32.3 Å². The first-order valence-electron chi connectivity index (χ1n) is 8.19. The number of ether oxygens (including phenoxy) is 2. The maximum Gasteiger partial charge on any atom is 0.213 e. The number of pyridine rings is 1. The third-order valence-corrected chi connectivity index (χ3v) is 6.68. The number of rotatable bonds is 5. The normalized spacial score (nSPS) is 29.0. The monoisotopic (exact) mass is 340 g/mol. The van der Waals surface area contributed by atoms with Crippen LogP contribution in [-0.2, 0) is 14.8 Å². The standard InChI is InChI=1S/C16H24N2O4S/c1-2-23(19,20)18-10-7-14-16(12-18,8-5-11-21-14)13-22-15-6-3-4-9-17-15/h3-4,6,9,14H,2,5,7-8,10-13H2,1H3/t14-,16+/m0/s1. The van der Waals surface area contributed by atoms with E-state index in [0.717, 1.165) is 25.9 Å². The minimum absolute atomic E-state index is 0.0586. The topological polar surface area (TPSA) is 68.7 Å². The lowest BCUT2D eigenvalue weighted by Gasteiger charge is -2.49. The summed E-state index contributed by atoms with van der Waals surface area (Å²) in [5, 5.41) is 0. The van der Waals surface area contributed by atoms with Crippen molar-refractivity contribution >= 4 is 10.0 Å². The first-order valence-corrected chi connectivity index (χ1v) is 9.80. The van der Waals surface area contributed by atoms with Gasteiger partial charge in [-0.3, -0.25) is 0 Å². The van der Waals surface area contributed by atoms with Gasteiger partial charge in [0.1, 0.15) is 0 Å². The Morgan fingerprint density at radius 1 is 1.48 bits per heavy atom. The van der Waals surface area contributed by atoms with Crippen molar-refractivity contribution in [3.63, 3.8) is 0 Å². The van der Waals surface area contributed by atoms with Gasteiger partial charge < -0.3 is 9.47 Å². The molecular weight excluding hydrogens is 316 g/mol. The predicted octanol–water partition coefficient (Wildman–Crippen LogP) is 1.68. The van der Waals surface area contributed by atoms with E-state index in [-0.39, 0.29) is 17.3 Å². The number of piperidine rings is 1. The maximum absolute atomic E-state index is 12.3. The quantitative estimate of drug-likeness (QED) is 0.816. The Hall–Kier alpha value is -1.18. The van der Waals surface area contributed by atoms with Crippen LogP contribution in [0.25, 0.3) is 0 Å². The van der Waals surface area contributed by atoms with Gasteiger partial charge in [-0.15, -0.1) is 0 Å². The van der Waals surface area contributed by atoms with E-state index in [2.05, 4.69) is 4.98 Å². The molecular formula is C16H24N2O4S. The Morgan fingerprint density at radius 2 is 2.35 bits per heavy atom. The molecule has 0 aromatic carbocycles. The Kier molecular flexibility index (Phi) is 4.89. The third kappa shape index (κ3) is 3.51. The Labute approximate surface area is 137 Å². The van der Waals surface area contributed by atoms with Crippen molar-refractivity contribution in [2.24, 2.45) is 5.41 Å². The lowest BCUT2D eigenvalue weighted by Crippen LogP contribution is -2.58. The van der Waals surface area contributed by atoms with Gasteiger partial charge in [0.25, 0.3) is 0 Å². The Balaban J connectivity index is 1.78. The zero-order valence-corrected chi connectivity index (χ0v) is 14.3. The van der Waals surface area contributed by atoms with Gasteiger partial charge in [-0.25, -0.2) is 17.7 Å². The van der Waals surface area contributed by atoms with E-state index in [9.17, 15) is 8.42 Å². The summed E-state index contributed by atoms with van der Waals surface area (Å²) >= 11 is 0. The fraction of sp³-hybridized carbons (Fsp3) is 0.688. The van der Waals surface area contributed by atoms with Crippen molar-refractivity contribution < 1.29 is 17.9 Å². The number of aromatic nitrogens is 1. The first kappa shape index (κ1) is 16.7. The Bertz CT molecular complexity index is 622. The van der Waals surface area contributed by atoms with E-state index in [1.54, 1.807) is 17.4 Å². The molecule has 1 aromatic heterocycles. The molecule has 3 heterocycles. The first-order chi connectivity index (χ1) is 11.1. The highest BCUT2D eigenvalue weighted by molar-refractivity contribution is 7.89. The van der Waals surface area contributed by atoms with Crippen molar-refractivity contribution in [3.8, 4) is 5.88 Å². The van der Waals surface area contributed by atoms with Crippen molar-refractivity contribution in [3.05, 3.63) is 24.4 Å². The number of hydrogen-bond acceptors (Lipinski definition) is 5. The molecule has 6 nitrogen and oxygen atoms in total. The van der Waals surface area contributed by atoms with Gasteiger partial charge >= 0.3 is 0 Å². The number of sulfonamides is 1. The van der Waals surface area contributed by atoms with E-state index in [0.29, 0.717) is 25.6 Å². The number of fused-ring (bicyclic) bond motifs is 1. The van der Waals surface area contributed by atoms with Crippen LogP contribution in [0.5, 0.6) is 5.88 Å². The molecule has 23 heavy (non-hydrogen) atoms. The molecule has 0 radical (unpaired) electrons. The molecule has 0 spiro atoms. The fourth-order valence-corrected chi connectivity index (χ4v) is 4.73. The van der Waals surface area contributed by atoms with Crippen molar-refractivity contribution in [1.29, 1.82) is 0 Å². The van der Waals surface area contributed by atoms with E-state index in [4.69, 9.17) is 9.47 Å². The molecule has 2 atom stereocenters. The van der Waals surface area contributed by atoms with Crippen molar-refractivity contribution in [1.82, 2.24) is 9.29 Å². The van der Waals surface area contributed by atoms with Crippen LogP contribution in [0, 0.1) is 5.41 Å². The SMILES string of the molecule is CCS(=O)(=O)N1CC[C@@H]2OCCC[C@]2(COc2ccccn2)C1. The Morgan fingerprint density at radius 3 is 3.09 bits per heavy atom. The molecule has 2 aliphatic rings. The maximum atomic E-state index is 12.3. The van der Waals surface area contributed by atoms with Gasteiger partial charge in [-0.1, -0.05) is 6.07 Å². The minimum Gasteiger partial charge on any atom is -0.477 e. The second-order valence-corrected chi connectivity index (χ2v) is 8.56. The molecule has 7 heteroatoms. The fourth-order valence-electron chi connectivity index (χ4n) is 3.53. The van der Waals surface area contributed by atoms with Crippen molar-refractivity contribution in [2.75, 3.05) is 32.1 Å². The third-order valence-electron chi connectivity index (χ3n) is 4.86. The van der Waals surface area contributed by atoms with Crippen LogP contribution in [-0.4, -0.2) is 55.9 Å². The van der Waals surface area contributed by atoms with Gasteiger partial charge in [-0.05, 0) is 32.3 Å². The molecule has 0 aliphatic carbocycles. The van der Waals surface area contributed by atoms with E-state index in [1.807, 2.05) is 18.2 Å². The summed E-state index contributed by atoms with van der Waals surface area (Å²) in [5.41, 5.74) is -0.281. The minimum atomic E-state index is -3.19. The van der Waals surface area contributed by atoms with Crippen LogP contribution < -0.4 is 4.74 Å². The van der Waals surface area contributed by atoms with Crippen LogP contribution in [0.4, 0.5) is 0 Å². The average molecular weight is 340 g/mol. The summed E-state index contributed by atoms with van der Waals surface area (Å²) in [6.07, 6.45) is 4.33. The van der Waals surface area contributed by atoms with Crippen LogP contribution in [0.3, 0.4) is 0 Å². The van der Waals surface area contributed by atoms with Crippen LogP contribution in [0.1, 0.15) is 26.2 Å². The molecule has 2 saturated heterocycles. The molecule has 1 aromatic rings. The summed E-state index contributed by atoms with van der Waals surface area (Å²) in [7, 11) is -3.19. The molecule has 0 unspecified atom stereocenters. The van der Waals surface area contributed by atoms with E-state index < -0.39 is 10.0 Å². The summed E-state index contributed by atoms with van der Waals surface area (Å²) < 4.78 is 38.0. The smallest absolute Gasteiger partial charge is 0.213 e. The van der Waals surface area contributed by atoms with Crippen LogP contribution in [0.15, 0.2) is 24.4 Å². The largest absolute Gasteiger partial charge is 0.477 e. The molecule has 3 rings (SSSR count). The number of hydrogen-bond donors (Lipinski definition) is 0. The molecule has 0 N–H and O–H groups in total. The number of nitrogens with zero attached hydrogens (tertiary/aromatic N) is 2. The molecule has 128 valence electrons. The zero-order chi connectivity index (χ0) is 16.3. The predicted molar refractivity (Wildman–Crippen MR) is 86.8 cm³/mol. The lowest BCUT2D eigenvalue weighted by molar-refractivity contribution is -0.128. The van der Waals surface area contributed by atoms with Gasteiger partial charge in [0.05, 0.1) is 18.5 Å². The van der Waals surface area contributed by atoms with E-state index in [1.165, 1.54) is 0 Å². The summed E-state index contributed by atoms with van der Waals surface area (Å²) in [4.78, 5) is 4.19. The van der Waals surface area contributed by atoms with E-state index >= 15 is 0 Å². The highest BCUT2D eigenvalue weighted by atomic mass is 32.2. The second kappa shape index (κ2) is 6.75. The van der Waals surface area contributed by atoms with Gasteiger partial charge in [-0.2, -0.15) is 0 Å². The van der Waals surface area contributed by atoms with Gasteiger partial charge in [0, 0.05) is 37.4 Å². The zero-order valence-electron chi connectivity index (χ0n) is 13.5. The van der Waals surface area contributed by atoms with Crippen LogP contribution >= 0.6 is 0 Å². The summed E-state index contributed by atoms with van der Waals surface area (Å²) in [5.74, 6) is 0.706. The molecule has 0 saturated carbocycles. The summed E-state index contributed by atoms with van der Waals surface area (Å²) in [6.45, 7) is 3.88. The van der Waals surface area contributed by atoms with Gasteiger partial charge in [0.2, 0.25) is 15.9 Å². The molecule has 2 fully saturated rings. The highest BCUT2D eigenvalue weighted by Gasteiger charge is 2.48. The van der Waals surface area contributed by atoms with Gasteiger partial charge in [0.15, 0.2) is 0 Å². The highest BCUT2D eigenvalue weighted by Crippen LogP contribution is 2.41. The molecule has 0 bridgehead atoms. The van der Waals surface area contributed by atoms with Crippen LogP contribution in [0.2, 0.25) is 0 Å². The molecule has 0 amide bonds.